The van der Waals surface area contributed by atoms with E-state index in [1.54, 1.807) is 0 Å². The Labute approximate surface area is 110 Å². The Morgan fingerprint density at radius 3 is 3.12 bits per heavy atom. The van der Waals surface area contributed by atoms with E-state index in [9.17, 15) is 4.79 Å². The van der Waals surface area contributed by atoms with E-state index < -0.39 is 0 Å². The number of hydrogen-bond donors (Lipinski definition) is 2. The second-order valence-electron chi connectivity index (χ2n) is 4.08. The van der Waals surface area contributed by atoms with Crippen LogP contribution in [0, 0.1) is 12.8 Å². The highest BCUT2D eigenvalue weighted by Crippen LogP contribution is 2.23. The first kappa shape index (κ1) is 12.8. The Hall–Kier alpha value is -0.660. The number of amides is 1. The topological polar surface area (TPSA) is 64.1 Å². The van der Waals surface area contributed by atoms with Crippen LogP contribution in [-0.2, 0) is 9.53 Å². The highest BCUT2D eigenvalue weighted by Gasteiger charge is 2.27. The maximum absolute atomic E-state index is 12.0. The predicted octanol–water partition coefficient (Wildman–Crippen LogP) is 1.51. The fourth-order valence-corrected chi connectivity index (χ4v) is 2.57. The van der Waals surface area contributed by atoms with Gasteiger partial charge in [0.05, 0.1) is 23.5 Å². The van der Waals surface area contributed by atoms with Gasteiger partial charge in [-0.05, 0) is 19.8 Å². The summed E-state index contributed by atoms with van der Waals surface area (Å²) in [5.41, 5.74) is 0.765. The van der Waals surface area contributed by atoms with Crippen molar-refractivity contribution < 1.29 is 9.53 Å². The number of ether oxygens (including phenoxy) is 1. The monoisotopic (exact) mass is 273 g/mol. The van der Waals surface area contributed by atoms with Gasteiger partial charge in [0.15, 0.2) is 5.82 Å². The van der Waals surface area contributed by atoms with Crippen LogP contribution >= 0.6 is 24.4 Å². The Balaban J connectivity index is 1.94. The fraction of sp³-hybridized carbons (Fsp3) is 0.700. The molecule has 1 amide bonds. The predicted molar refractivity (Wildman–Crippen MR) is 69.6 cm³/mol. The van der Waals surface area contributed by atoms with Crippen molar-refractivity contribution in [3.8, 4) is 0 Å². The zero-order valence-electron chi connectivity index (χ0n) is 9.55. The molecule has 0 aliphatic carbocycles. The quantitative estimate of drug-likeness (QED) is 0.819. The molecule has 0 saturated carbocycles. The minimum absolute atomic E-state index is 0.0101. The molecule has 0 aromatic carbocycles. The van der Waals surface area contributed by atoms with E-state index in [1.807, 2.05) is 6.92 Å². The number of hydrogen-bond acceptors (Lipinski definition) is 6. The van der Waals surface area contributed by atoms with Crippen LogP contribution in [0.5, 0.6) is 0 Å². The highest BCUT2D eigenvalue weighted by atomic mass is 32.1. The standard InChI is InChI=1S/C10H15N3O2S2/c1-6-9(13-17-12-6)11-10(14)7-2-3-15-8(4-7)5-16/h7-8,16H,2-5H2,1H3,(H,11,13,14). The van der Waals surface area contributed by atoms with Crippen molar-refractivity contribution in [1.29, 1.82) is 0 Å². The lowest BCUT2D eigenvalue weighted by Crippen LogP contribution is -2.34. The number of aromatic nitrogens is 2. The smallest absolute Gasteiger partial charge is 0.228 e. The molecule has 1 N–H and O–H groups in total. The fourth-order valence-electron chi connectivity index (χ4n) is 1.81. The van der Waals surface area contributed by atoms with E-state index in [0.717, 1.165) is 30.3 Å². The lowest BCUT2D eigenvalue weighted by Gasteiger charge is -2.27. The van der Waals surface area contributed by atoms with E-state index in [2.05, 4.69) is 26.7 Å². The van der Waals surface area contributed by atoms with Gasteiger partial charge in [-0.3, -0.25) is 4.79 Å². The summed E-state index contributed by atoms with van der Waals surface area (Å²) >= 11 is 5.31. The SMILES string of the molecule is Cc1nsnc1NC(=O)C1CCOC(CS)C1. The number of thiol groups is 1. The molecule has 7 heteroatoms. The maximum atomic E-state index is 12.0. The summed E-state index contributed by atoms with van der Waals surface area (Å²) in [7, 11) is 0. The molecule has 1 aliphatic rings. The van der Waals surface area contributed by atoms with Gasteiger partial charge in [-0.25, -0.2) is 0 Å². The number of aryl methyl sites for hydroxylation is 1. The van der Waals surface area contributed by atoms with Gasteiger partial charge in [-0.15, -0.1) is 0 Å². The maximum Gasteiger partial charge on any atom is 0.228 e. The van der Waals surface area contributed by atoms with E-state index in [1.165, 1.54) is 0 Å². The highest BCUT2D eigenvalue weighted by molar-refractivity contribution is 7.80. The summed E-state index contributed by atoms with van der Waals surface area (Å²) in [5.74, 6) is 1.23. The average molecular weight is 273 g/mol. The summed E-state index contributed by atoms with van der Waals surface area (Å²) < 4.78 is 13.6. The molecule has 1 aromatic rings. The average Bonchev–Trinajstić information content (AvgIpc) is 2.75. The van der Waals surface area contributed by atoms with Crippen LogP contribution < -0.4 is 5.32 Å². The van der Waals surface area contributed by atoms with Gasteiger partial charge in [0.1, 0.15) is 0 Å². The van der Waals surface area contributed by atoms with Crippen LogP contribution in [0.2, 0.25) is 0 Å². The molecule has 2 rings (SSSR count). The Morgan fingerprint density at radius 2 is 2.47 bits per heavy atom. The second kappa shape index (κ2) is 5.79. The first-order valence-electron chi connectivity index (χ1n) is 5.53. The molecule has 17 heavy (non-hydrogen) atoms. The van der Waals surface area contributed by atoms with Crippen LogP contribution in [0.1, 0.15) is 18.5 Å². The molecule has 2 unspecified atom stereocenters. The number of carbonyl (C=O) groups is 1. The lowest BCUT2D eigenvalue weighted by molar-refractivity contribution is -0.124. The van der Waals surface area contributed by atoms with Gasteiger partial charge in [0.2, 0.25) is 5.91 Å². The molecule has 0 spiro atoms. The van der Waals surface area contributed by atoms with Crippen LogP contribution in [0.4, 0.5) is 5.82 Å². The molecule has 2 heterocycles. The van der Waals surface area contributed by atoms with Crippen molar-refractivity contribution in [2.45, 2.75) is 25.9 Å². The second-order valence-corrected chi connectivity index (χ2v) is 4.98. The number of rotatable bonds is 3. The van der Waals surface area contributed by atoms with Gasteiger partial charge < -0.3 is 10.1 Å². The number of anilines is 1. The molecule has 94 valence electrons. The molecular formula is C10H15N3O2S2. The number of carbonyl (C=O) groups excluding carboxylic acids is 1. The Morgan fingerprint density at radius 1 is 1.65 bits per heavy atom. The molecule has 2 atom stereocenters. The summed E-state index contributed by atoms with van der Waals surface area (Å²) in [6, 6.07) is 0. The molecule has 0 bridgehead atoms. The molecule has 1 fully saturated rings. The Kier molecular flexibility index (Phi) is 4.36. The van der Waals surface area contributed by atoms with Gasteiger partial charge >= 0.3 is 0 Å². The largest absolute Gasteiger partial charge is 0.377 e. The summed E-state index contributed by atoms with van der Waals surface area (Å²) in [6.07, 6.45) is 1.57. The van der Waals surface area contributed by atoms with Crippen molar-refractivity contribution in [3.05, 3.63) is 5.69 Å². The molecule has 1 saturated heterocycles. The zero-order chi connectivity index (χ0) is 12.3. The van der Waals surface area contributed by atoms with E-state index in [-0.39, 0.29) is 17.9 Å². The Bertz CT molecular complexity index is 397. The molecular weight excluding hydrogens is 258 g/mol. The van der Waals surface area contributed by atoms with Crippen LogP contribution in [0.15, 0.2) is 0 Å². The third kappa shape index (κ3) is 3.17. The normalized spacial score (nSPS) is 24.6. The van der Waals surface area contributed by atoms with Crippen LogP contribution in [0.25, 0.3) is 0 Å². The van der Waals surface area contributed by atoms with Gasteiger partial charge in [-0.2, -0.15) is 21.4 Å². The van der Waals surface area contributed by atoms with Crippen molar-refractivity contribution in [3.63, 3.8) is 0 Å². The third-order valence-corrected chi connectivity index (χ3v) is 3.86. The van der Waals surface area contributed by atoms with Crippen molar-refractivity contribution in [1.82, 2.24) is 8.75 Å². The van der Waals surface area contributed by atoms with Gasteiger partial charge in [-0.1, -0.05) is 0 Å². The third-order valence-electron chi connectivity index (χ3n) is 2.84. The summed E-state index contributed by atoms with van der Waals surface area (Å²) in [5, 5.41) is 2.82. The summed E-state index contributed by atoms with van der Waals surface area (Å²) in [4.78, 5) is 12.0. The first-order valence-corrected chi connectivity index (χ1v) is 6.89. The number of nitrogens with zero attached hydrogens (tertiary/aromatic N) is 2. The minimum atomic E-state index is -0.0120. The van der Waals surface area contributed by atoms with Gasteiger partial charge in [0, 0.05) is 18.3 Å². The molecule has 1 aromatic heterocycles. The molecule has 5 nitrogen and oxygen atoms in total. The first-order chi connectivity index (χ1) is 8.20. The minimum Gasteiger partial charge on any atom is -0.377 e. The molecule has 1 aliphatic heterocycles. The van der Waals surface area contributed by atoms with Crippen molar-refractivity contribution in [2.24, 2.45) is 5.92 Å². The van der Waals surface area contributed by atoms with Crippen LogP contribution in [-0.4, -0.2) is 33.1 Å². The van der Waals surface area contributed by atoms with Crippen LogP contribution in [0.3, 0.4) is 0 Å². The van der Waals surface area contributed by atoms with Crippen molar-refractivity contribution in [2.75, 3.05) is 17.7 Å². The summed E-state index contributed by atoms with van der Waals surface area (Å²) in [6.45, 7) is 2.46. The van der Waals surface area contributed by atoms with Gasteiger partial charge in [0.25, 0.3) is 0 Å². The molecule has 0 radical (unpaired) electrons. The lowest BCUT2D eigenvalue weighted by atomic mass is 9.95. The van der Waals surface area contributed by atoms with Crippen molar-refractivity contribution >= 4 is 36.1 Å². The zero-order valence-corrected chi connectivity index (χ0v) is 11.3. The van der Waals surface area contributed by atoms with E-state index in [4.69, 9.17) is 4.74 Å². The van der Waals surface area contributed by atoms with E-state index >= 15 is 0 Å². The van der Waals surface area contributed by atoms with E-state index in [0.29, 0.717) is 18.2 Å². The number of nitrogens with one attached hydrogen (secondary N) is 1.